The first-order valence-electron chi connectivity index (χ1n) is 7.05. The van der Waals surface area contributed by atoms with Crippen molar-refractivity contribution in [3.05, 3.63) is 53.7 Å². The highest BCUT2D eigenvalue weighted by molar-refractivity contribution is 7.99. The first-order chi connectivity index (χ1) is 11.1. The molecule has 2 rings (SSSR count). The molecule has 0 aliphatic rings. The number of hydrogen-bond donors (Lipinski definition) is 1. The molecule has 5 nitrogen and oxygen atoms in total. The van der Waals surface area contributed by atoms with Gasteiger partial charge in [0.15, 0.2) is 0 Å². The number of ether oxygens (including phenoxy) is 1. The summed E-state index contributed by atoms with van der Waals surface area (Å²) in [7, 11) is 1.62. The first kappa shape index (κ1) is 16.8. The fourth-order valence-corrected chi connectivity index (χ4v) is 2.74. The molecule has 0 aliphatic carbocycles. The molecule has 0 spiro atoms. The Hall–Kier alpha value is -2.52. The highest BCUT2D eigenvalue weighted by atomic mass is 32.2. The minimum Gasteiger partial charge on any atom is -0.497 e. The summed E-state index contributed by atoms with van der Waals surface area (Å²) in [6.07, 6.45) is 1.61. The molecule has 0 bridgehead atoms. The van der Waals surface area contributed by atoms with Crippen LogP contribution in [0.1, 0.15) is 24.1 Å². The zero-order chi connectivity index (χ0) is 16.7. The molecule has 1 heterocycles. The maximum Gasteiger partial charge on any atom is 0.230 e. The summed E-state index contributed by atoms with van der Waals surface area (Å²) < 4.78 is 5.12. The number of methoxy groups -OCH3 is 1. The van der Waals surface area contributed by atoms with Crippen LogP contribution in [0.4, 0.5) is 0 Å². The zero-order valence-electron chi connectivity index (χ0n) is 12.9. The fourth-order valence-electron chi connectivity index (χ4n) is 1.98. The standard InChI is InChI=1S/C17H17N3O2S/c1-12(13-5-7-15(22-2)8-6-13)20-16(21)11-23-17-14(10-18)4-3-9-19-17/h3-9,12H,11H2,1-2H3,(H,20,21). The lowest BCUT2D eigenvalue weighted by Crippen LogP contribution is -2.28. The molecule has 118 valence electrons. The number of benzene rings is 1. The lowest BCUT2D eigenvalue weighted by molar-refractivity contribution is -0.119. The van der Waals surface area contributed by atoms with Gasteiger partial charge in [-0.3, -0.25) is 4.79 Å². The van der Waals surface area contributed by atoms with Gasteiger partial charge in [0.25, 0.3) is 0 Å². The van der Waals surface area contributed by atoms with E-state index in [4.69, 9.17) is 10.00 Å². The summed E-state index contributed by atoms with van der Waals surface area (Å²) in [5.74, 6) is 0.890. The summed E-state index contributed by atoms with van der Waals surface area (Å²) in [6.45, 7) is 1.92. The van der Waals surface area contributed by atoms with Gasteiger partial charge in [0, 0.05) is 6.20 Å². The SMILES string of the molecule is COc1ccc(C(C)NC(=O)CSc2ncccc2C#N)cc1. The van der Waals surface area contributed by atoms with Crippen LogP contribution in [0, 0.1) is 11.3 Å². The van der Waals surface area contributed by atoms with Gasteiger partial charge in [-0.2, -0.15) is 5.26 Å². The Bertz CT molecular complexity index is 711. The van der Waals surface area contributed by atoms with Crippen molar-refractivity contribution < 1.29 is 9.53 Å². The third-order valence-corrected chi connectivity index (χ3v) is 4.23. The van der Waals surface area contributed by atoms with Gasteiger partial charge in [0.05, 0.1) is 24.5 Å². The Morgan fingerprint density at radius 2 is 2.13 bits per heavy atom. The summed E-state index contributed by atoms with van der Waals surface area (Å²) in [5, 5.41) is 12.5. The lowest BCUT2D eigenvalue weighted by atomic mass is 10.1. The van der Waals surface area contributed by atoms with Crippen LogP contribution in [0.3, 0.4) is 0 Å². The number of thioether (sulfide) groups is 1. The summed E-state index contributed by atoms with van der Waals surface area (Å²) in [4.78, 5) is 16.2. The van der Waals surface area contributed by atoms with Crippen molar-refractivity contribution >= 4 is 17.7 Å². The number of pyridine rings is 1. The lowest BCUT2D eigenvalue weighted by Gasteiger charge is -2.14. The second kappa shape index (κ2) is 8.20. The molecule has 1 atom stereocenters. The minimum absolute atomic E-state index is 0.104. The van der Waals surface area contributed by atoms with Crippen molar-refractivity contribution in [2.75, 3.05) is 12.9 Å². The molecule has 23 heavy (non-hydrogen) atoms. The van der Waals surface area contributed by atoms with Crippen molar-refractivity contribution in [3.63, 3.8) is 0 Å². The van der Waals surface area contributed by atoms with Crippen LogP contribution in [0.2, 0.25) is 0 Å². The summed E-state index contributed by atoms with van der Waals surface area (Å²) in [6, 6.07) is 12.9. The molecule has 0 radical (unpaired) electrons. The molecule has 1 aromatic carbocycles. The van der Waals surface area contributed by atoms with Crippen molar-refractivity contribution in [1.82, 2.24) is 10.3 Å². The molecule has 1 amide bonds. The van der Waals surface area contributed by atoms with Crippen molar-refractivity contribution in [3.8, 4) is 11.8 Å². The maximum atomic E-state index is 12.1. The normalized spacial score (nSPS) is 11.3. The number of rotatable bonds is 6. The van der Waals surface area contributed by atoms with Crippen LogP contribution in [0.25, 0.3) is 0 Å². The van der Waals surface area contributed by atoms with Crippen molar-refractivity contribution in [2.45, 2.75) is 18.0 Å². The zero-order valence-corrected chi connectivity index (χ0v) is 13.8. The van der Waals surface area contributed by atoms with Crippen LogP contribution in [-0.2, 0) is 4.79 Å². The summed E-state index contributed by atoms with van der Waals surface area (Å²) in [5.41, 5.74) is 1.48. The molecule has 0 saturated carbocycles. The minimum atomic E-state index is -0.104. The average Bonchev–Trinajstić information content (AvgIpc) is 2.60. The highest BCUT2D eigenvalue weighted by Crippen LogP contribution is 2.20. The first-order valence-corrected chi connectivity index (χ1v) is 8.04. The second-order valence-electron chi connectivity index (χ2n) is 4.82. The number of nitrogens with zero attached hydrogens (tertiary/aromatic N) is 2. The van der Waals surface area contributed by atoms with E-state index in [-0.39, 0.29) is 17.7 Å². The van der Waals surface area contributed by atoms with Crippen LogP contribution < -0.4 is 10.1 Å². The monoisotopic (exact) mass is 327 g/mol. The third-order valence-electron chi connectivity index (χ3n) is 3.22. The van der Waals surface area contributed by atoms with Gasteiger partial charge in [0.1, 0.15) is 16.8 Å². The quantitative estimate of drug-likeness (QED) is 0.826. The topological polar surface area (TPSA) is 75.0 Å². The van der Waals surface area contributed by atoms with Gasteiger partial charge in [-0.05, 0) is 36.8 Å². The van der Waals surface area contributed by atoms with E-state index in [1.165, 1.54) is 11.8 Å². The van der Waals surface area contributed by atoms with Gasteiger partial charge in [-0.15, -0.1) is 0 Å². The molecule has 1 aromatic heterocycles. The van der Waals surface area contributed by atoms with E-state index in [1.54, 1.807) is 25.4 Å². The maximum absolute atomic E-state index is 12.1. The number of nitriles is 1. The number of nitrogens with one attached hydrogen (secondary N) is 1. The van der Waals surface area contributed by atoms with E-state index in [1.807, 2.05) is 31.2 Å². The Balaban J connectivity index is 1.90. The number of amides is 1. The van der Waals surface area contributed by atoms with Gasteiger partial charge >= 0.3 is 0 Å². The van der Waals surface area contributed by atoms with Crippen molar-refractivity contribution in [2.24, 2.45) is 0 Å². The average molecular weight is 327 g/mol. The van der Waals surface area contributed by atoms with E-state index >= 15 is 0 Å². The molecule has 0 saturated heterocycles. The van der Waals surface area contributed by atoms with E-state index in [9.17, 15) is 4.79 Å². The molecular formula is C17H17N3O2S. The van der Waals surface area contributed by atoms with E-state index in [0.717, 1.165) is 11.3 Å². The summed E-state index contributed by atoms with van der Waals surface area (Å²) >= 11 is 1.26. The fraction of sp³-hybridized carbons (Fsp3) is 0.235. The molecule has 2 aromatic rings. The third kappa shape index (κ3) is 4.73. The van der Waals surface area contributed by atoms with Crippen LogP contribution >= 0.6 is 11.8 Å². The van der Waals surface area contributed by atoms with E-state index in [2.05, 4.69) is 16.4 Å². The molecule has 0 aliphatic heterocycles. The Morgan fingerprint density at radius 3 is 2.78 bits per heavy atom. The van der Waals surface area contributed by atoms with Gasteiger partial charge in [0.2, 0.25) is 5.91 Å². The smallest absolute Gasteiger partial charge is 0.230 e. The van der Waals surface area contributed by atoms with Gasteiger partial charge in [-0.1, -0.05) is 23.9 Å². The second-order valence-corrected chi connectivity index (χ2v) is 5.78. The number of hydrogen-bond acceptors (Lipinski definition) is 5. The van der Waals surface area contributed by atoms with E-state index < -0.39 is 0 Å². The predicted molar refractivity (Wildman–Crippen MR) is 89.2 cm³/mol. The molecule has 1 unspecified atom stereocenters. The Morgan fingerprint density at radius 1 is 1.39 bits per heavy atom. The van der Waals surface area contributed by atoms with Crippen LogP contribution in [0.15, 0.2) is 47.6 Å². The molecule has 1 N–H and O–H groups in total. The Kier molecular flexibility index (Phi) is 6.01. The molecule has 6 heteroatoms. The van der Waals surface area contributed by atoms with Crippen LogP contribution in [-0.4, -0.2) is 23.8 Å². The number of aromatic nitrogens is 1. The number of carbonyl (C=O) groups excluding carboxylic acids is 1. The number of carbonyl (C=O) groups is 1. The van der Waals surface area contributed by atoms with E-state index in [0.29, 0.717) is 10.6 Å². The van der Waals surface area contributed by atoms with Gasteiger partial charge < -0.3 is 10.1 Å². The Labute approximate surface area is 139 Å². The largest absolute Gasteiger partial charge is 0.497 e. The van der Waals surface area contributed by atoms with Crippen LogP contribution in [0.5, 0.6) is 5.75 Å². The van der Waals surface area contributed by atoms with Gasteiger partial charge in [-0.25, -0.2) is 4.98 Å². The molecular weight excluding hydrogens is 310 g/mol. The predicted octanol–water partition coefficient (Wildman–Crippen LogP) is 2.93. The molecule has 0 fully saturated rings. The van der Waals surface area contributed by atoms with Crippen molar-refractivity contribution in [1.29, 1.82) is 5.26 Å². The highest BCUT2D eigenvalue weighted by Gasteiger charge is 2.11.